The van der Waals surface area contributed by atoms with Crippen molar-refractivity contribution in [1.29, 1.82) is 0 Å². The maximum atomic E-state index is 8.36. The van der Waals surface area contributed by atoms with Crippen LogP contribution in [0.1, 0.15) is 0 Å². The van der Waals surface area contributed by atoms with E-state index in [-0.39, 0.29) is 0 Å². The van der Waals surface area contributed by atoms with Gasteiger partial charge in [0.05, 0.1) is 5.09 Å². The molecule has 0 spiro atoms. The Morgan fingerprint density at radius 3 is 2.20 bits per heavy atom. The average Bonchev–Trinajstić information content (AvgIpc) is 2.15. The Labute approximate surface area is 55.2 Å². The van der Waals surface area contributed by atoms with E-state index < -0.39 is 5.09 Å². The second kappa shape index (κ2) is 4.13. The van der Waals surface area contributed by atoms with Crippen molar-refractivity contribution >= 4 is 0 Å². The molecule has 10 heavy (non-hydrogen) atoms. The second-order valence-corrected chi connectivity index (χ2v) is 1.22. The van der Waals surface area contributed by atoms with E-state index in [1.165, 1.54) is 12.5 Å². The highest BCUT2D eigenvalue weighted by molar-refractivity contribution is 4.53. The maximum absolute atomic E-state index is 8.36. The Hall–Kier alpha value is -1.79. The van der Waals surface area contributed by atoms with Gasteiger partial charge in [0.2, 0.25) is 0 Å². The molecule has 1 aromatic rings. The van der Waals surface area contributed by atoms with E-state index in [1.807, 2.05) is 0 Å². The highest BCUT2D eigenvalue weighted by atomic mass is 16.9. The Kier molecular flexibility index (Phi) is 3.39. The first-order valence-electron chi connectivity index (χ1n) is 2.17. The molecule has 0 aliphatic heterocycles. The van der Waals surface area contributed by atoms with Crippen molar-refractivity contribution in [1.82, 2.24) is 4.98 Å². The fourth-order valence-corrected chi connectivity index (χ4v) is 0.282. The summed E-state index contributed by atoms with van der Waals surface area (Å²) in [6.07, 6.45) is 4.56. The van der Waals surface area contributed by atoms with Crippen LogP contribution >= 0.6 is 0 Å². The molecule has 1 heterocycles. The summed E-state index contributed by atoms with van der Waals surface area (Å²) in [5.74, 6) is 0. The van der Waals surface area contributed by atoms with Gasteiger partial charge in [-0.15, -0.1) is 0 Å². The monoisotopic (exact) mass is 147 g/mol. The predicted molar refractivity (Wildman–Crippen MR) is 28.5 cm³/mol. The number of aromatic nitrogens is 2. The fraction of sp³-hybridized carbons (Fsp3) is 0. The van der Waals surface area contributed by atoms with Gasteiger partial charge in [0.15, 0.2) is 6.20 Å². The molecule has 0 fully saturated rings. The molecule has 0 unspecified atom stereocenters. The number of hydrogen-bond acceptors (Lipinski definition) is 4. The second-order valence-electron chi connectivity index (χ2n) is 1.22. The van der Waals surface area contributed by atoms with Crippen LogP contribution < -0.4 is 4.73 Å². The summed E-state index contributed by atoms with van der Waals surface area (Å²) in [7, 11) is 0. The zero-order valence-corrected chi connectivity index (χ0v) is 4.80. The lowest BCUT2D eigenvalue weighted by Gasteiger charge is -1.74. The molecule has 0 aromatic carbocycles. The molecule has 7 heteroatoms. The molecule has 0 saturated heterocycles. The number of nitrogens with zero attached hydrogens (tertiary/aromatic N) is 2. The summed E-state index contributed by atoms with van der Waals surface area (Å²) >= 11 is 0. The molecular weight excluding hydrogens is 142 g/mol. The number of aromatic amines is 1. The Balaban J connectivity index is 0.000000180. The fourth-order valence-electron chi connectivity index (χ4n) is 0.282. The van der Waals surface area contributed by atoms with Crippen LogP contribution in [0.5, 0.6) is 0 Å². The molecule has 0 amide bonds. The van der Waals surface area contributed by atoms with Crippen LogP contribution in [0, 0.1) is 15.3 Å². The van der Waals surface area contributed by atoms with E-state index in [1.54, 1.807) is 6.20 Å². The van der Waals surface area contributed by atoms with Crippen molar-refractivity contribution < 1.29 is 15.0 Å². The summed E-state index contributed by atoms with van der Waals surface area (Å²) < 4.78 is 0.944. The number of H-pyrrole nitrogens is 1. The maximum Gasteiger partial charge on any atom is 0.281 e. The molecular formula is C3H5N3O4. The van der Waals surface area contributed by atoms with Gasteiger partial charge in [-0.05, 0) is 0 Å². The first-order valence-corrected chi connectivity index (χ1v) is 2.17. The quantitative estimate of drug-likeness (QED) is 0.219. The van der Waals surface area contributed by atoms with Gasteiger partial charge in [-0.25, -0.2) is 4.98 Å². The molecule has 2 N–H and O–H groups in total. The summed E-state index contributed by atoms with van der Waals surface area (Å²) in [6.45, 7) is 0. The molecule has 0 radical (unpaired) electrons. The summed E-state index contributed by atoms with van der Waals surface area (Å²) in [5, 5.41) is 23.1. The van der Waals surface area contributed by atoms with Gasteiger partial charge in [-0.1, -0.05) is 4.73 Å². The minimum Gasteiger partial charge on any atom is -0.356 e. The van der Waals surface area contributed by atoms with Crippen LogP contribution in [-0.4, -0.2) is 15.3 Å². The SMILES string of the molecule is O=[N+]([O-])[O-].O[n+]1cc[nH]c1. The van der Waals surface area contributed by atoms with E-state index >= 15 is 0 Å². The number of hydrogen-bond donors (Lipinski definition) is 2. The van der Waals surface area contributed by atoms with E-state index in [9.17, 15) is 0 Å². The number of rotatable bonds is 0. The lowest BCUT2D eigenvalue weighted by atomic mass is 11.0. The summed E-state index contributed by atoms with van der Waals surface area (Å²) in [4.78, 5) is 10.9. The third kappa shape index (κ3) is 6.21. The van der Waals surface area contributed by atoms with Gasteiger partial charge >= 0.3 is 0 Å². The third-order valence-electron chi connectivity index (χ3n) is 0.530. The van der Waals surface area contributed by atoms with Gasteiger partial charge in [-0.2, -0.15) is 0 Å². The molecule has 0 aliphatic rings. The van der Waals surface area contributed by atoms with Crippen molar-refractivity contribution in [3.63, 3.8) is 0 Å². The topological polar surface area (TPSA) is 106 Å². The Bertz CT molecular complexity index is 180. The van der Waals surface area contributed by atoms with Crippen LogP contribution in [0.25, 0.3) is 0 Å². The predicted octanol–water partition coefficient (Wildman–Crippen LogP) is -0.700. The van der Waals surface area contributed by atoms with Gasteiger partial charge in [0.25, 0.3) is 6.33 Å². The first-order chi connectivity index (χ1) is 4.63. The number of nitrogens with one attached hydrogen (secondary N) is 1. The van der Waals surface area contributed by atoms with E-state index in [2.05, 4.69) is 4.98 Å². The van der Waals surface area contributed by atoms with Gasteiger partial charge in [0.1, 0.15) is 6.20 Å². The Morgan fingerprint density at radius 2 is 2.10 bits per heavy atom. The largest absolute Gasteiger partial charge is 0.356 e. The lowest BCUT2D eigenvalue weighted by molar-refractivity contribution is -0.903. The smallest absolute Gasteiger partial charge is 0.281 e. The van der Waals surface area contributed by atoms with Crippen LogP contribution in [0.2, 0.25) is 0 Å². The molecule has 7 nitrogen and oxygen atoms in total. The van der Waals surface area contributed by atoms with Crippen LogP contribution in [0.3, 0.4) is 0 Å². The van der Waals surface area contributed by atoms with Crippen LogP contribution in [0.4, 0.5) is 0 Å². The van der Waals surface area contributed by atoms with E-state index in [0.717, 1.165) is 4.73 Å². The normalized spacial score (nSPS) is 7.60. The molecule has 56 valence electrons. The van der Waals surface area contributed by atoms with Crippen molar-refractivity contribution in [3.05, 3.63) is 34.0 Å². The zero-order valence-electron chi connectivity index (χ0n) is 4.80. The first kappa shape index (κ1) is 8.21. The highest BCUT2D eigenvalue weighted by Gasteiger charge is 1.82. The van der Waals surface area contributed by atoms with Gasteiger partial charge < -0.3 is 20.5 Å². The summed E-state index contributed by atoms with van der Waals surface area (Å²) in [6, 6.07) is 0. The molecule has 0 bridgehead atoms. The number of imidazole rings is 1. The van der Waals surface area contributed by atoms with Crippen molar-refractivity contribution in [2.24, 2.45) is 0 Å². The molecule has 1 aromatic heterocycles. The summed E-state index contributed by atoms with van der Waals surface area (Å²) in [5.41, 5.74) is 0. The minimum absolute atomic E-state index is 0.944. The van der Waals surface area contributed by atoms with Crippen LogP contribution in [-0.2, 0) is 0 Å². The highest BCUT2D eigenvalue weighted by Crippen LogP contribution is 1.59. The zero-order chi connectivity index (χ0) is 7.98. The molecule has 0 aliphatic carbocycles. The van der Waals surface area contributed by atoms with Gasteiger partial charge in [0, 0.05) is 0 Å². The third-order valence-corrected chi connectivity index (χ3v) is 0.530. The van der Waals surface area contributed by atoms with E-state index in [0.29, 0.717) is 0 Å². The van der Waals surface area contributed by atoms with Crippen LogP contribution in [0.15, 0.2) is 18.7 Å². The van der Waals surface area contributed by atoms with Crippen molar-refractivity contribution in [3.8, 4) is 0 Å². The van der Waals surface area contributed by atoms with Crippen molar-refractivity contribution in [2.75, 3.05) is 0 Å². The molecule has 0 saturated carbocycles. The van der Waals surface area contributed by atoms with Crippen molar-refractivity contribution in [2.45, 2.75) is 0 Å². The molecule has 1 rings (SSSR count). The van der Waals surface area contributed by atoms with Gasteiger partial charge in [-0.3, -0.25) is 0 Å². The lowest BCUT2D eigenvalue weighted by Crippen LogP contribution is -2.24. The Morgan fingerprint density at radius 1 is 1.60 bits per heavy atom. The standard InChI is InChI=1S/C3H4N2O.NO3/c6-5-2-1-4-3-5;2-1(3)4/h1-3,6H;/q;-1/p+1. The molecule has 0 atom stereocenters. The average molecular weight is 147 g/mol. The minimum atomic E-state index is -1.75. The van der Waals surface area contributed by atoms with E-state index in [4.69, 9.17) is 20.5 Å².